The van der Waals surface area contributed by atoms with Crippen LogP contribution in [-0.4, -0.2) is 40.1 Å². The molecule has 1 aromatic rings. The summed E-state index contributed by atoms with van der Waals surface area (Å²) in [6.45, 7) is 3.34. The summed E-state index contributed by atoms with van der Waals surface area (Å²) in [5, 5.41) is 17.6. The Bertz CT molecular complexity index is 413. The zero-order valence-electron chi connectivity index (χ0n) is 10.4. The average Bonchev–Trinajstić information content (AvgIpc) is 2.74. The van der Waals surface area contributed by atoms with Crippen molar-refractivity contribution in [2.45, 2.75) is 26.3 Å². The molecule has 1 aromatic heterocycles. The van der Waals surface area contributed by atoms with Gasteiger partial charge in [-0.15, -0.1) is 11.3 Å². The van der Waals surface area contributed by atoms with Crippen LogP contribution < -0.4 is 0 Å². The number of hydrogen-bond donors (Lipinski definition) is 2. The monoisotopic (exact) mass is 271 g/mol. The van der Waals surface area contributed by atoms with Gasteiger partial charge in [-0.25, -0.2) is 0 Å². The van der Waals surface area contributed by atoms with Crippen molar-refractivity contribution in [2.75, 3.05) is 13.1 Å². The van der Waals surface area contributed by atoms with Crippen molar-refractivity contribution < 1.29 is 19.8 Å². The third kappa shape index (κ3) is 4.12. The fourth-order valence-corrected chi connectivity index (χ4v) is 2.71. The standard InChI is InChI=1S/C12H17NO4S/c1-3-9-4-5-10(18-9)8(2)13(6-11(14)15)7-12(16)17/h4-5,8H,3,6-7H2,1-2H3,(H,14,15)(H,16,17). The van der Waals surface area contributed by atoms with E-state index >= 15 is 0 Å². The second-order valence-corrected chi connectivity index (χ2v) is 5.23. The quantitative estimate of drug-likeness (QED) is 0.791. The summed E-state index contributed by atoms with van der Waals surface area (Å²) < 4.78 is 0. The lowest BCUT2D eigenvalue weighted by Crippen LogP contribution is -2.36. The van der Waals surface area contributed by atoms with Crippen molar-refractivity contribution >= 4 is 23.3 Å². The first-order valence-corrected chi connectivity index (χ1v) is 6.52. The van der Waals surface area contributed by atoms with Gasteiger partial charge < -0.3 is 10.2 Å². The van der Waals surface area contributed by atoms with Crippen molar-refractivity contribution in [3.63, 3.8) is 0 Å². The van der Waals surface area contributed by atoms with Crippen molar-refractivity contribution in [1.29, 1.82) is 0 Å². The summed E-state index contributed by atoms with van der Waals surface area (Å²) in [5.74, 6) is -2.04. The van der Waals surface area contributed by atoms with Crippen LogP contribution in [0.25, 0.3) is 0 Å². The molecule has 1 heterocycles. The Morgan fingerprint density at radius 1 is 1.28 bits per heavy atom. The maximum Gasteiger partial charge on any atom is 0.317 e. The molecule has 1 atom stereocenters. The Kier molecular flexibility index (Phi) is 5.30. The molecule has 100 valence electrons. The van der Waals surface area contributed by atoms with Crippen LogP contribution in [0.2, 0.25) is 0 Å². The Morgan fingerprint density at radius 3 is 2.22 bits per heavy atom. The van der Waals surface area contributed by atoms with Crippen molar-refractivity contribution in [2.24, 2.45) is 0 Å². The smallest absolute Gasteiger partial charge is 0.317 e. The number of nitrogens with zero attached hydrogens (tertiary/aromatic N) is 1. The molecule has 0 aliphatic heterocycles. The second-order valence-electron chi connectivity index (χ2n) is 4.03. The lowest BCUT2D eigenvalue weighted by molar-refractivity contribution is -0.142. The van der Waals surface area contributed by atoms with E-state index in [0.717, 1.165) is 11.3 Å². The van der Waals surface area contributed by atoms with E-state index in [2.05, 4.69) is 0 Å². The molecule has 0 spiro atoms. The molecular formula is C12H17NO4S. The SMILES string of the molecule is CCc1ccc(C(C)N(CC(=O)O)CC(=O)O)s1. The summed E-state index contributed by atoms with van der Waals surface area (Å²) in [7, 11) is 0. The summed E-state index contributed by atoms with van der Waals surface area (Å²) in [6, 6.07) is 3.73. The number of carbonyl (C=O) groups is 2. The molecule has 1 rings (SSSR count). The zero-order valence-corrected chi connectivity index (χ0v) is 11.2. The molecule has 0 aliphatic rings. The molecular weight excluding hydrogens is 254 g/mol. The first kappa shape index (κ1) is 14.7. The highest BCUT2D eigenvalue weighted by Gasteiger charge is 2.22. The summed E-state index contributed by atoms with van der Waals surface area (Å²) in [5.41, 5.74) is 0. The van der Waals surface area contributed by atoms with Crippen molar-refractivity contribution in [1.82, 2.24) is 4.90 Å². The minimum atomic E-state index is -1.02. The lowest BCUT2D eigenvalue weighted by atomic mass is 10.2. The van der Waals surface area contributed by atoms with E-state index in [-0.39, 0.29) is 19.1 Å². The van der Waals surface area contributed by atoms with Gasteiger partial charge in [-0.1, -0.05) is 6.92 Å². The van der Waals surface area contributed by atoms with Crippen LogP contribution in [0.1, 0.15) is 29.6 Å². The van der Waals surface area contributed by atoms with Gasteiger partial charge in [-0.3, -0.25) is 14.5 Å². The normalized spacial score (nSPS) is 12.6. The number of carboxylic acids is 2. The molecule has 0 aliphatic carbocycles. The largest absolute Gasteiger partial charge is 0.480 e. The topological polar surface area (TPSA) is 77.8 Å². The molecule has 1 unspecified atom stereocenters. The number of carboxylic acid groups (broad SMARTS) is 2. The molecule has 5 nitrogen and oxygen atoms in total. The Hall–Kier alpha value is -1.40. The van der Waals surface area contributed by atoms with Gasteiger partial charge in [0, 0.05) is 15.8 Å². The maximum atomic E-state index is 10.8. The van der Waals surface area contributed by atoms with Crippen molar-refractivity contribution in [3.8, 4) is 0 Å². The van der Waals surface area contributed by atoms with Crippen LogP contribution in [0, 0.1) is 0 Å². The van der Waals surface area contributed by atoms with Crippen LogP contribution in [0.15, 0.2) is 12.1 Å². The van der Waals surface area contributed by atoms with E-state index in [4.69, 9.17) is 10.2 Å². The predicted octanol–water partition coefficient (Wildman–Crippen LogP) is 1.84. The molecule has 0 radical (unpaired) electrons. The fraction of sp³-hybridized carbons (Fsp3) is 0.500. The van der Waals surface area contributed by atoms with E-state index in [1.807, 2.05) is 26.0 Å². The van der Waals surface area contributed by atoms with E-state index in [1.54, 1.807) is 11.3 Å². The number of hydrogen-bond acceptors (Lipinski definition) is 4. The minimum Gasteiger partial charge on any atom is -0.480 e. The van der Waals surface area contributed by atoms with Crippen LogP contribution in [0.5, 0.6) is 0 Å². The summed E-state index contributed by atoms with van der Waals surface area (Å²) in [4.78, 5) is 25.2. The van der Waals surface area contributed by atoms with Crippen LogP contribution in [0.4, 0.5) is 0 Å². The van der Waals surface area contributed by atoms with Crippen LogP contribution in [0.3, 0.4) is 0 Å². The van der Waals surface area contributed by atoms with E-state index < -0.39 is 11.9 Å². The highest BCUT2D eigenvalue weighted by Crippen LogP contribution is 2.27. The maximum absolute atomic E-state index is 10.8. The number of thiophene rings is 1. The van der Waals surface area contributed by atoms with Gasteiger partial charge in [-0.05, 0) is 25.5 Å². The third-order valence-corrected chi connectivity index (χ3v) is 4.07. The average molecular weight is 271 g/mol. The van der Waals surface area contributed by atoms with Gasteiger partial charge in [0.2, 0.25) is 0 Å². The number of aryl methyl sites for hydroxylation is 1. The minimum absolute atomic E-state index is 0.206. The fourth-order valence-electron chi connectivity index (χ4n) is 1.67. The Labute approximate surface area is 110 Å². The first-order valence-electron chi connectivity index (χ1n) is 5.70. The molecule has 0 bridgehead atoms. The van der Waals surface area contributed by atoms with Gasteiger partial charge in [0.1, 0.15) is 0 Å². The van der Waals surface area contributed by atoms with Gasteiger partial charge in [0.15, 0.2) is 0 Å². The number of aliphatic carboxylic acids is 2. The molecule has 0 aromatic carbocycles. The summed E-state index contributed by atoms with van der Waals surface area (Å²) >= 11 is 1.60. The summed E-state index contributed by atoms with van der Waals surface area (Å²) in [6.07, 6.45) is 0.926. The first-order chi connectivity index (χ1) is 8.43. The highest BCUT2D eigenvalue weighted by atomic mass is 32.1. The Morgan fingerprint density at radius 2 is 1.83 bits per heavy atom. The molecule has 2 N–H and O–H groups in total. The molecule has 0 saturated heterocycles. The third-order valence-electron chi connectivity index (χ3n) is 2.67. The second kappa shape index (κ2) is 6.51. The van der Waals surface area contributed by atoms with Gasteiger partial charge in [0.25, 0.3) is 0 Å². The van der Waals surface area contributed by atoms with Crippen LogP contribution in [-0.2, 0) is 16.0 Å². The highest BCUT2D eigenvalue weighted by molar-refractivity contribution is 7.12. The molecule has 6 heteroatoms. The molecule has 0 fully saturated rings. The van der Waals surface area contributed by atoms with E-state index in [0.29, 0.717) is 0 Å². The van der Waals surface area contributed by atoms with E-state index in [1.165, 1.54) is 9.78 Å². The predicted molar refractivity (Wildman–Crippen MR) is 69.0 cm³/mol. The van der Waals surface area contributed by atoms with Gasteiger partial charge >= 0.3 is 11.9 Å². The van der Waals surface area contributed by atoms with E-state index in [9.17, 15) is 9.59 Å². The molecule has 18 heavy (non-hydrogen) atoms. The van der Waals surface area contributed by atoms with Gasteiger partial charge in [-0.2, -0.15) is 0 Å². The molecule has 0 amide bonds. The lowest BCUT2D eigenvalue weighted by Gasteiger charge is -2.24. The van der Waals surface area contributed by atoms with Crippen LogP contribution >= 0.6 is 11.3 Å². The van der Waals surface area contributed by atoms with Crippen molar-refractivity contribution in [3.05, 3.63) is 21.9 Å². The number of rotatable bonds is 7. The zero-order chi connectivity index (χ0) is 13.7. The Balaban J connectivity index is 2.82. The van der Waals surface area contributed by atoms with Gasteiger partial charge in [0.05, 0.1) is 13.1 Å². The molecule has 0 saturated carbocycles.